The van der Waals surface area contributed by atoms with Gasteiger partial charge in [-0.1, -0.05) is 30.3 Å². The highest BCUT2D eigenvalue weighted by molar-refractivity contribution is 5.98. The van der Waals surface area contributed by atoms with Crippen LogP contribution in [0.3, 0.4) is 0 Å². The molecule has 2 aliphatic heterocycles. The number of amides is 2. The normalized spacial score (nSPS) is 20.1. The van der Waals surface area contributed by atoms with E-state index in [4.69, 9.17) is 9.47 Å². The van der Waals surface area contributed by atoms with Crippen molar-refractivity contribution < 1.29 is 19.1 Å². The minimum atomic E-state index is -0.630. The van der Waals surface area contributed by atoms with Gasteiger partial charge in [0.05, 0.1) is 6.10 Å². The van der Waals surface area contributed by atoms with Crippen LogP contribution in [0.5, 0.6) is 5.75 Å². The zero-order valence-corrected chi connectivity index (χ0v) is 17.1. The summed E-state index contributed by atoms with van der Waals surface area (Å²) in [6.45, 7) is 1.95. The number of hydrogen-bond acceptors (Lipinski definition) is 4. The minimum Gasteiger partial charge on any atom is -0.491 e. The molecule has 1 N–H and O–H groups in total. The predicted molar refractivity (Wildman–Crippen MR) is 114 cm³/mol. The molecule has 0 aliphatic carbocycles. The Hall–Kier alpha value is -2.86. The van der Waals surface area contributed by atoms with Crippen molar-refractivity contribution >= 4 is 17.5 Å². The molecule has 2 heterocycles. The lowest BCUT2D eigenvalue weighted by Crippen LogP contribution is -2.43. The summed E-state index contributed by atoms with van der Waals surface area (Å²) < 4.78 is 11.4. The lowest BCUT2D eigenvalue weighted by Gasteiger charge is -2.34. The summed E-state index contributed by atoms with van der Waals surface area (Å²) in [6.07, 6.45) is 4.57. The molecule has 2 aromatic carbocycles. The van der Waals surface area contributed by atoms with Crippen LogP contribution in [0.15, 0.2) is 54.6 Å². The molecule has 2 atom stereocenters. The quantitative estimate of drug-likeness (QED) is 0.754. The number of benzene rings is 2. The smallest absolute Gasteiger partial charge is 0.251 e. The van der Waals surface area contributed by atoms with E-state index in [0.29, 0.717) is 25.3 Å². The molecule has 2 fully saturated rings. The van der Waals surface area contributed by atoms with Gasteiger partial charge in [0.25, 0.3) is 5.91 Å². The minimum absolute atomic E-state index is 0.0307. The van der Waals surface area contributed by atoms with Gasteiger partial charge in [-0.2, -0.15) is 0 Å². The SMILES string of the molecule is O=C(Nc1ccc(OCC2CCCO2)cc1)C(c1ccccc1)N1CCCCC1=O. The third-order valence-electron chi connectivity index (χ3n) is 5.62. The Balaban J connectivity index is 1.43. The highest BCUT2D eigenvalue weighted by Gasteiger charge is 2.32. The van der Waals surface area contributed by atoms with Crippen molar-refractivity contribution in [3.8, 4) is 5.75 Å². The highest BCUT2D eigenvalue weighted by atomic mass is 16.5. The molecule has 30 heavy (non-hydrogen) atoms. The van der Waals surface area contributed by atoms with E-state index in [1.54, 1.807) is 4.90 Å². The van der Waals surface area contributed by atoms with Crippen molar-refractivity contribution in [1.29, 1.82) is 0 Å². The number of nitrogens with one attached hydrogen (secondary N) is 1. The lowest BCUT2D eigenvalue weighted by atomic mass is 10.0. The van der Waals surface area contributed by atoms with Gasteiger partial charge in [0.2, 0.25) is 5.91 Å². The third-order valence-corrected chi connectivity index (χ3v) is 5.62. The molecule has 0 radical (unpaired) electrons. The van der Waals surface area contributed by atoms with Crippen LogP contribution in [0, 0.1) is 0 Å². The van der Waals surface area contributed by atoms with Crippen LogP contribution in [0.1, 0.15) is 43.7 Å². The maximum absolute atomic E-state index is 13.2. The van der Waals surface area contributed by atoms with E-state index in [1.807, 2.05) is 54.6 Å². The fourth-order valence-corrected chi connectivity index (χ4v) is 4.02. The summed E-state index contributed by atoms with van der Waals surface area (Å²) in [5.41, 5.74) is 1.50. The van der Waals surface area contributed by atoms with Gasteiger partial charge < -0.3 is 19.7 Å². The van der Waals surface area contributed by atoms with Crippen LogP contribution >= 0.6 is 0 Å². The number of rotatable bonds is 7. The van der Waals surface area contributed by atoms with Crippen LogP contribution in [0.2, 0.25) is 0 Å². The molecule has 2 amide bonds. The monoisotopic (exact) mass is 408 g/mol. The van der Waals surface area contributed by atoms with Crippen LogP contribution in [0.4, 0.5) is 5.69 Å². The molecule has 158 valence electrons. The first-order valence-electron chi connectivity index (χ1n) is 10.7. The fraction of sp³-hybridized carbons (Fsp3) is 0.417. The molecule has 2 aliphatic rings. The Morgan fingerprint density at radius 2 is 1.90 bits per heavy atom. The number of nitrogens with zero attached hydrogens (tertiary/aromatic N) is 1. The Morgan fingerprint density at radius 3 is 2.60 bits per heavy atom. The number of carbonyl (C=O) groups is 2. The number of piperidine rings is 1. The lowest BCUT2D eigenvalue weighted by molar-refractivity contribution is -0.141. The molecule has 0 saturated carbocycles. The summed E-state index contributed by atoms with van der Waals surface area (Å²) in [6, 6.07) is 16.2. The zero-order valence-electron chi connectivity index (χ0n) is 17.1. The van der Waals surface area contributed by atoms with E-state index in [0.717, 1.165) is 43.6 Å². The molecule has 2 aromatic rings. The molecule has 0 bridgehead atoms. The van der Waals surface area contributed by atoms with Crippen molar-refractivity contribution in [2.24, 2.45) is 0 Å². The topological polar surface area (TPSA) is 67.9 Å². The van der Waals surface area contributed by atoms with Gasteiger partial charge in [-0.25, -0.2) is 0 Å². The van der Waals surface area contributed by atoms with Gasteiger partial charge in [0.15, 0.2) is 0 Å². The molecule has 0 spiro atoms. The maximum atomic E-state index is 13.2. The van der Waals surface area contributed by atoms with Gasteiger partial charge in [-0.05, 0) is 55.5 Å². The van der Waals surface area contributed by atoms with Gasteiger partial charge in [-0.15, -0.1) is 0 Å². The molecular weight excluding hydrogens is 380 g/mol. The van der Waals surface area contributed by atoms with E-state index in [-0.39, 0.29) is 17.9 Å². The van der Waals surface area contributed by atoms with Crippen LogP contribution in [-0.2, 0) is 14.3 Å². The summed E-state index contributed by atoms with van der Waals surface area (Å²) >= 11 is 0. The van der Waals surface area contributed by atoms with Crippen LogP contribution < -0.4 is 10.1 Å². The molecule has 4 rings (SSSR count). The van der Waals surface area contributed by atoms with Crippen molar-refractivity contribution in [2.45, 2.75) is 44.2 Å². The second-order valence-electron chi connectivity index (χ2n) is 7.82. The first kappa shape index (κ1) is 20.4. The zero-order chi connectivity index (χ0) is 20.8. The van der Waals surface area contributed by atoms with Gasteiger partial charge >= 0.3 is 0 Å². The Morgan fingerprint density at radius 1 is 1.10 bits per heavy atom. The molecule has 2 saturated heterocycles. The molecule has 2 unspecified atom stereocenters. The summed E-state index contributed by atoms with van der Waals surface area (Å²) in [4.78, 5) is 27.4. The van der Waals surface area contributed by atoms with Gasteiger partial charge in [0.1, 0.15) is 18.4 Å². The number of hydrogen-bond donors (Lipinski definition) is 1. The fourth-order valence-electron chi connectivity index (χ4n) is 4.02. The average Bonchev–Trinajstić information content (AvgIpc) is 3.29. The van der Waals surface area contributed by atoms with Gasteiger partial charge in [0, 0.05) is 25.3 Å². The summed E-state index contributed by atoms with van der Waals surface area (Å²) in [5.74, 6) is 0.571. The van der Waals surface area contributed by atoms with E-state index < -0.39 is 6.04 Å². The summed E-state index contributed by atoms with van der Waals surface area (Å²) in [5, 5.41) is 2.97. The Bertz CT molecular complexity index is 847. The highest BCUT2D eigenvalue weighted by Crippen LogP contribution is 2.27. The Kier molecular flexibility index (Phi) is 6.64. The van der Waals surface area contributed by atoms with Crippen LogP contribution in [0.25, 0.3) is 0 Å². The molecule has 6 heteroatoms. The second kappa shape index (κ2) is 9.76. The summed E-state index contributed by atoms with van der Waals surface area (Å²) in [7, 11) is 0. The number of ether oxygens (including phenoxy) is 2. The van der Waals surface area contributed by atoms with E-state index in [9.17, 15) is 9.59 Å². The Labute approximate surface area is 177 Å². The number of likely N-dealkylation sites (tertiary alicyclic amines) is 1. The maximum Gasteiger partial charge on any atom is 0.251 e. The van der Waals surface area contributed by atoms with E-state index >= 15 is 0 Å². The predicted octanol–water partition coefficient (Wildman–Crippen LogP) is 3.94. The van der Waals surface area contributed by atoms with Crippen molar-refractivity contribution in [3.63, 3.8) is 0 Å². The largest absolute Gasteiger partial charge is 0.491 e. The second-order valence-corrected chi connectivity index (χ2v) is 7.82. The first-order valence-corrected chi connectivity index (χ1v) is 10.7. The van der Waals surface area contributed by atoms with Gasteiger partial charge in [-0.3, -0.25) is 9.59 Å². The number of anilines is 1. The van der Waals surface area contributed by atoms with Crippen molar-refractivity contribution in [2.75, 3.05) is 25.1 Å². The molecular formula is C24H28N2O4. The van der Waals surface area contributed by atoms with E-state index in [2.05, 4.69) is 5.32 Å². The molecule has 6 nitrogen and oxygen atoms in total. The third kappa shape index (κ3) is 5.00. The molecule has 0 aromatic heterocycles. The van der Waals surface area contributed by atoms with Crippen LogP contribution in [-0.4, -0.2) is 42.6 Å². The van der Waals surface area contributed by atoms with Crippen molar-refractivity contribution in [3.05, 3.63) is 60.2 Å². The van der Waals surface area contributed by atoms with E-state index in [1.165, 1.54) is 0 Å². The number of carbonyl (C=O) groups excluding carboxylic acids is 2. The van der Waals surface area contributed by atoms with Crippen molar-refractivity contribution in [1.82, 2.24) is 4.90 Å². The average molecular weight is 408 g/mol. The first-order chi connectivity index (χ1) is 14.7. The standard InChI is InChI=1S/C24H28N2O4/c27-22-10-4-5-15-26(22)23(18-7-2-1-3-8-18)24(28)25-19-11-13-20(14-12-19)30-17-21-9-6-16-29-21/h1-3,7-8,11-14,21,23H,4-6,9-10,15-17H2,(H,25,28).